The SMILES string of the molecule is Cc1nn(-c2ccccc2)nc1C(=O)N1CCCCCC1c1cccn1C. The van der Waals surface area contributed by atoms with Gasteiger partial charge in [0.2, 0.25) is 0 Å². The van der Waals surface area contributed by atoms with Crippen molar-refractivity contribution in [3.63, 3.8) is 0 Å². The molecule has 0 bridgehead atoms. The maximum Gasteiger partial charge on any atom is 0.276 e. The highest BCUT2D eigenvalue weighted by molar-refractivity contribution is 5.93. The van der Waals surface area contributed by atoms with E-state index in [9.17, 15) is 4.79 Å². The molecule has 1 saturated heterocycles. The Hall–Kier alpha value is -2.89. The van der Waals surface area contributed by atoms with Crippen molar-refractivity contribution in [2.45, 2.75) is 38.6 Å². The van der Waals surface area contributed by atoms with Crippen molar-refractivity contribution in [3.8, 4) is 5.69 Å². The van der Waals surface area contributed by atoms with Crippen molar-refractivity contribution in [1.82, 2.24) is 24.5 Å². The number of likely N-dealkylation sites (tertiary alicyclic amines) is 1. The van der Waals surface area contributed by atoms with Crippen molar-refractivity contribution < 1.29 is 4.79 Å². The average molecular weight is 363 g/mol. The van der Waals surface area contributed by atoms with Gasteiger partial charge < -0.3 is 9.47 Å². The first-order valence-corrected chi connectivity index (χ1v) is 9.56. The number of carbonyl (C=O) groups is 1. The van der Waals surface area contributed by atoms with Crippen LogP contribution >= 0.6 is 0 Å². The molecule has 0 radical (unpaired) electrons. The first kappa shape index (κ1) is 17.5. The fourth-order valence-electron chi connectivity index (χ4n) is 3.87. The highest BCUT2D eigenvalue weighted by atomic mass is 16.2. The standard InChI is InChI=1S/C21H25N5O/c1-16-20(23-26(22-16)17-10-5-3-6-11-17)21(27)25-15-8-4-7-12-19(25)18-13-9-14-24(18)2/h3,5-6,9-11,13-14,19H,4,7-8,12,15H2,1-2H3. The molecule has 1 unspecified atom stereocenters. The van der Waals surface area contributed by atoms with Gasteiger partial charge in [-0.05, 0) is 44.0 Å². The minimum Gasteiger partial charge on any atom is -0.353 e. The Morgan fingerprint density at radius 1 is 1.04 bits per heavy atom. The monoisotopic (exact) mass is 363 g/mol. The molecule has 3 heterocycles. The molecular weight excluding hydrogens is 338 g/mol. The lowest BCUT2D eigenvalue weighted by Crippen LogP contribution is -2.36. The van der Waals surface area contributed by atoms with Gasteiger partial charge in [0.15, 0.2) is 5.69 Å². The first-order chi connectivity index (χ1) is 13.1. The molecule has 1 aliphatic rings. The summed E-state index contributed by atoms with van der Waals surface area (Å²) in [6.45, 7) is 2.61. The molecule has 4 rings (SSSR count). The summed E-state index contributed by atoms with van der Waals surface area (Å²) < 4.78 is 2.12. The third-order valence-electron chi connectivity index (χ3n) is 5.31. The van der Waals surface area contributed by atoms with Gasteiger partial charge in [0, 0.05) is 25.5 Å². The molecule has 1 aliphatic heterocycles. The predicted molar refractivity (Wildman–Crippen MR) is 104 cm³/mol. The number of rotatable bonds is 3. The zero-order chi connectivity index (χ0) is 18.8. The van der Waals surface area contributed by atoms with E-state index in [0.717, 1.165) is 37.9 Å². The molecule has 0 N–H and O–H groups in total. The molecule has 0 spiro atoms. The highest BCUT2D eigenvalue weighted by Gasteiger charge is 2.31. The number of aryl methyl sites for hydroxylation is 2. The number of hydrogen-bond acceptors (Lipinski definition) is 3. The Morgan fingerprint density at radius 2 is 1.85 bits per heavy atom. The zero-order valence-corrected chi connectivity index (χ0v) is 15.9. The van der Waals surface area contributed by atoms with Crippen LogP contribution in [0.3, 0.4) is 0 Å². The van der Waals surface area contributed by atoms with E-state index in [0.29, 0.717) is 11.4 Å². The van der Waals surface area contributed by atoms with Gasteiger partial charge in [-0.15, -0.1) is 5.10 Å². The Morgan fingerprint density at radius 3 is 2.59 bits per heavy atom. The molecule has 1 atom stereocenters. The molecule has 1 aromatic carbocycles. The van der Waals surface area contributed by atoms with Crippen LogP contribution in [0.5, 0.6) is 0 Å². The van der Waals surface area contributed by atoms with E-state index in [2.05, 4.69) is 20.8 Å². The van der Waals surface area contributed by atoms with Crippen molar-refractivity contribution >= 4 is 5.91 Å². The number of amides is 1. The Balaban J connectivity index is 1.68. The van der Waals surface area contributed by atoms with E-state index in [1.54, 1.807) is 4.80 Å². The van der Waals surface area contributed by atoms with Crippen LogP contribution in [0.2, 0.25) is 0 Å². The quantitative estimate of drug-likeness (QED) is 0.713. The minimum absolute atomic E-state index is 0.0252. The summed E-state index contributed by atoms with van der Waals surface area (Å²) in [7, 11) is 2.04. The largest absolute Gasteiger partial charge is 0.353 e. The van der Waals surface area contributed by atoms with Crippen LogP contribution in [0.4, 0.5) is 0 Å². The van der Waals surface area contributed by atoms with Crippen LogP contribution in [0.15, 0.2) is 48.7 Å². The number of para-hydroxylation sites is 1. The van der Waals surface area contributed by atoms with Gasteiger partial charge >= 0.3 is 0 Å². The normalized spacial score (nSPS) is 17.7. The molecule has 3 aromatic rings. The van der Waals surface area contributed by atoms with E-state index < -0.39 is 0 Å². The van der Waals surface area contributed by atoms with Crippen molar-refractivity contribution in [2.75, 3.05) is 6.54 Å². The first-order valence-electron chi connectivity index (χ1n) is 9.56. The smallest absolute Gasteiger partial charge is 0.276 e. The van der Waals surface area contributed by atoms with Crippen LogP contribution < -0.4 is 0 Å². The van der Waals surface area contributed by atoms with E-state index in [4.69, 9.17) is 0 Å². The number of nitrogens with zero attached hydrogens (tertiary/aromatic N) is 5. The van der Waals surface area contributed by atoms with Crippen molar-refractivity contribution in [1.29, 1.82) is 0 Å². The molecule has 140 valence electrons. The molecule has 1 amide bonds. The summed E-state index contributed by atoms with van der Waals surface area (Å²) in [6.07, 6.45) is 6.34. The number of carbonyl (C=O) groups excluding carboxylic acids is 1. The maximum absolute atomic E-state index is 13.4. The highest BCUT2D eigenvalue weighted by Crippen LogP contribution is 2.31. The topological polar surface area (TPSA) is 56.0 Å². The van der Waals surface area contributed by atoms with Gasteiger partial charge in [-0.3, -0.25) is 4.79 Å². The van der Waals surface area contributed by atoms with Crippen molar-refractivity contribution in [3.05, 3.63) is 65.7 Å². The van der Waals surface area contributed by atoms with Gasteiger partial charge in [0.1, 0.15) is 0 Å². The van der Waals surface area contributed by atoms with Gasteiger partial charge in [-0.2, -0.15) is 9.90 Å². The van der Waals surface area contributed by atoms with Crippen LogP contribution in [-0.2, 0) is 7.05 Å². The number of benzene rings is 1. The molecule has 0 saturated carbocycles. The fourth-order valence-corrected chi connectivity index (χ4v) is 3.87. The second kappa shape index (κ2) is 7.39. The lowest BCUT2D eigenvalue weighted by Gasteiger charge is -2.30. The lowest BCUT2D eigenvalue weighted by atomic mass is 10.1. The summed E-state index contributed by atoms with van der Waals surface area (Å²) in [5, 5.41) is 9.01. The Kier molecular flexibility index (Phi) is 4.79. The van der Waals surface area contributed by atoms with Crippen LogP contribution in [0.25, 0.3) is 5.69 Å². The van der Waals surface area contributed by atoms with Gasteiger partial charge in [-0.25, -0.2) is 0 Å². The Labute approximate surface area is 159 Å². The number of hydrogen-bond donors (Lipinski definition) is 0. The fraction of sp³-hybridized carbons (Fsp3) is 0.381. The van der Waals surface area contributed by atoms with Gasteiger partial charge in [0.25, 0.3) is 5.91 Å². The van der Waals surface area contributed by atoms with Gasteiger partial charge in [0.05, 0.1) is 17.4 Å². The van der Waals surface area contributed by atoms with E-state index in [1.807, 2.05) is 61.5 Å². The third kappa shape index (κ3) is 3.39. The Bertz CT molecular complexity index is 927. The van der Waals surface area contributed by atoms with Crippen LogP contribution in [0.1, 0.15) is 53.6 Å². The second-order valence-electron chi connectivity index (χ2n) is 7.17. The van der Waals surface area contributed by atoms with Gasteiger partial charge in [-0.1, -0.05) is 31.0 Å². The summed E-state index contributed by atoms with van der Waals surface area (Å²) >= 11 is 0. The van der Waals surface area contributed by atoms with E-state index in [-0.39, 0.29) is 11.9 Å². The summed E-state index contributed by atoms with van der Waals surface area (Å²) in [4.78, 5) is 17.0. The zero-order valence-electron chi connectivity index (χ0n) is 15.9. The summed E-state index contributed by atoms with van der Waals surface area (Å²) in [6, 6.07) is 13.9. The molecule has 6 heteroatoms. The molecule has 2 aromatic heterocycles. The van der Waals surface area contributed by atoms with Crippen LogP contribution in [0, 0.1) is 6.92 Å². The molecular formula is C21H25N5O. The molecule has 1 fully saturated rings. The average Bonchev–Trinajstić information content (AvgIpc) is 3.19. The summed E-state index contributed by atoms with van der Waals surface area (Å²) in [5.41, 5.74) is 3.14. The summed E-state index contributed by atoms with van der Waals surface area (Å²) in [5.74, 6) is -0.0252. The maximum atomic E-state index is 13.4. The number of aromatic nitrogens is 4. The third-order valence-corrected chi connectivity index (χ3v) is 5.31. The van der Waals surface area contributed by atoms with E-state index in [1.165, 1.54) is 5.69 Å². The van der Waals surface area contributed by atoms with Crippen LogP contribution in [-0.4, -0.2) is 36.9 Å². The second-order valence-corrected chi connectivity index (χ2v) is 7.17. The molecule has 6 nitrogen and oxygen atoms in total. The van der Waals surface area contributed by atoms with E-state index >= 15 is 0 Å². The lowest BCUT2D eigenvalue weighted by molar-refractivity contribution is 0.0667. The minimum atomic E-state index is -0.0252. The molecule has 27 heavy (non-hydrogen) atoms. The predicted octanol–water partition coefficient (Wildman–Crippen LogP) is 3.67. The van der Waals surface area contributed by atoms with Crippen molar-refractivity contribution in [2.24, 2.45) is 7.05 Å². The molecule has 0 aliphatic carbocycles.